The Morgan fingerprint density at radius 3 is 1.87 bits per heavy atom. The molecule has 15 nitrogen and oxygen atoms in total. The van der Waals surface area contributed by atoms with E-state index in [2.05, 4.69) is 15.3 Å². The number of aromatic hydroxyl groups is 2. The fourth-order valence-corrected chi connectivity index (χ4v) is 3.81. The number of aromatic nitrogens is 1. The molecular formula is C31H39N5O10. The van der Waals surface area contributed by atoms with Gasteiger partial charge in [-0.25, -0.2) is 4.79 Å². The third-order valence-electron chi connectivity index (χ3n) is 6.13. The summed E-state index contributed by atoms with van der Waals surface area (Å²) in [6.45, 7) is 4.27. The van der Waals surface area contributed by atoms with Crippen LogP contribution >= 0.6 is 0 Å². The Labute approximate surface area is 266 Å². The van der Waals surface area contributed by atoms with Crippen molar-refractivity contribution >= 4 is 17.4 Å². The molecule has 0 atom stereocenters. The summed E-state index contributed by atoms with van der Waals surface area (Å²) < 4.78 is 27.9. The van der Waals surface area contributed by atoms with Gasteiger partial charge in [-0.3, -0.25) is 4.79 Å². The predicted octanol–water partition coefficient (Wildman–Crippen LogP) is 3.73. The Kier molecular flexibility index (Phi) is 16.3. The average molecular weight is 642 g/mol. The molecule has 0 saturated carbocycles. The summed E-state index contributed by atoms with van der Waals surface area (Å²) in [5, 5.41) is 25.6. The third kappa shape index (κ3) is 13.5. The summed E-state index contributed by atoms with van der Waals surface area (Å²) in [6, 6.07) is 16.6. The van der Waals surface area contributed by atoms with Gasteiger partial charge in [0.05, 0.1) is 65.9 Å². The van der Waals surface area contributed by atoms with E-state index in [0.717, 1.165) is 5.69 Å². The van der Waals surface area contributed by atoms with Crippen LogP contribution in [-0.4, -0.2) is 99.2 Å². The number of carbonyl (C=O) groups is 2. The number of nitrogens with one attached hydrogen (secondary N) is 1. The molecule has 0 aliphatic rings. The molecule has 0 aliphatic heterocycles. The molecule has 2 aromatic carbocycles. The van der Waals surface area contributed by atoms with E-state index in [4.69, 9.17) is 34.1 Å². The topological polar surface area (TPSA) is 196 Å². The zero-order valence-electron chi connectivity index (χ0n) is 25.4. The number of nitrogens with zero attached hydrogens (tertiary/aromatic N) is 4. The highest BCUT2D eigenvalue weighted by Crippen LogP contribution is 2.19. The summed E-state index contributed by atoms with van der Waals surface area (Å²) in [5.74, 6) is -0.871. The van der Waals surface area contributed by atoms with Crippen molar-refractivity contribution in [1.82, 2.24) is 4.73 Å². The number of hydrogen-bond donors (Lipinski definition) is 3. The molecule has 46 heavy (non-hydrogen) atoms. The van der Waals surface area contributed by atoms with Gasteiger partial charge in [0.2, 0.25) is 11.8 Å². The molecule has 3 aromatic rings. The largest absolute Gasteiger partial charge is 0.494 e. The van der Waals surface area contributed by atoms with Gasteiger partial charge < -0.3 is 44.1 Å². The highest BCUT2D eigenvalue weighted by Gasteiger charge is 2.12. The zero-order chi connectivity index (χ0) is 32.8. The Morgan fingerprint density at radius 1 is 0.739 bits per heavy atom. The van der Waals surface area contributed by atoms with E-state index < -0.39 is 5.97 Å². The summed E-state index contributed by atoms with van der Waals surface area (Å²) in [5.41, 5.74) is 10.3. The van der Waals surface area contributed by atoms with E-state index in [9.17, 15) is 19.8 Å². The van der Waals surface area contributed by atoms with Crippen LogP contribution in [0.25, 0.3) is 10.4 Å². The first-order chi connectivity index (χ1) is 22.5. The lowest BCUT2D eigenvalue weighted by Crippen LogP contribution is -2.20. The normalized spacial score (nSPS) is 10.7. The first-order valence-electron chi connectivity index (χ1n) is 14.7. The van der Waals surface area contributed by atoms with Crippen molar-refractivity contribution in [3.8, 4) is 17.5 Å². The Balaban J connectivity index is 1.13. The van der Waals surface area contributed by atoms with Crippen molar-refractivity contribution < 1.29 is 48.3 Å². The first-order valence-corrected chi connectivity index (χ1v) is 14.7. The number of ether oxygens (including phenoxy) is 5. The SMILES string of the molecule is [N-]=[N+]=NCCCOc1ccc(C(=O)c2ccc(NCCOCCOCCOCCOCCC(=O)On3c(O)ccc3O)cc2)cc1. The molecule has 0 aliphatic carbocycles. The van der Waals surface area contributed by atoms with Gasteiger partial charge in [-0.15, -0.1) is 4.73 Å². The van der Waals surface area contributed by atoms with Crippen LogP contribution in [0.2, 0.25) is 0 Å². The van der Waals surface area contributed by atoms with Crippen molar-refractivity contribution in [2.75, 3.05) is 77.9 Å². The molecule has 0 bridgehead atoms. The van der Waals surface area contributed by atoms with Gasteiger partial charge in [-0.2, -0.15) is 0 Å². The number of azide groups is 1. The maximum Gasteiger partial charge on any atom is 0.335 e. The quantitative estimate of drug-likeness (QED) is 0.0424. The van der Waals surface area contributed by atoms with Gasteiger partial charge in [0.1, 0.15) is 5.75 Å². The van der Waals surface area contributed by atoms with E-state index in [1.54, 1.807) is 36.4 Å². The molecule has 0 amide bonds. The molecule has 1 heterocycles. The fraction of sp³-hybridized carbons (Fsp3) is 0.419. The number of hydrogen-bond acceptors (Lipinski definition) is 12. The van der Waals surface area contributed by atoms with Crippen LogP contribution in [0.4, 0.5) is 5.69 Å². The van der Waals surface area contributed by atoms with Gasteiger partial charge in [0, 0.05) is 46.9 Å². The average Bonchev–Trinajstić information content (AvgIpc) is 3.38. The van der Waals surface area contributed by atoms with E-state index in [1.807, 2.05) is 12.1 Å². The molecule has 0 fully saturated rings. The maximum atomic E-state index is 12.8. The number of carbonyl (C=O) groups excluding carboxylic acids is 2. The minimum atomic E-state index is -0.666. The second kappa shape index (κ2) is 21.0. The molecule has 0 unspecified atom stereocenters. The second-order valence-corrected chi connectivity index (χ2v) is 9.52. The molecule has 248 valence electrons. The van der Waals surface area contributed by atoms with E-state index in [1.165, 1.54) is 12.1 Å². The van der Waals surface area contributed by atoms with Crippen LogP contribution in [-0.2, 0) is 23.7 Å². The van der Waals surface area contributed by atoms with Crippen LogP contribution < -0.4 is 14.9 Å². The van der Waals surface area contributed by atoms with Crippen molar-refractivity contribution in [2.45, 2.75) is 12.8 Å². The predicted molar refractivity (Wildman–Crippen MR) is 166 cm³/mol. The van der Waals surface area contributed by atoms with Gasteiger partial charge in [0.15, 0.2) is 5.78 Å². The zero-order valence-corrected chi connectivity index (χ0v) is 25.4. The number of rotatable bonds is 24. The standard InChI is InChI=1S/C31H39N5O10/c32-35-34-13-1-15-45-27-8-4-25(5-9-27)31(40)24-2-6-26(7-3-24)33-14-17-42-19-21-44-23-22-43-20-18-41-16-12-30(39)46-36-28(37)10-11-29(36)38/h2-11,33,37-38H,1,12-23H2. The smallest absolute Gasteiger partial charge is 0.335 e. The Hall–Kier alpha value is -4.79. The summed E-state index contributed by atoms with van der Waals surface area (Å²) >= 11 is 0. The molecule has 1 aromatic heterocycles. The van der Waals surface area contributed by atoms with Gasteiger partial charge in [-0.05, 0) is 60.5 Å². The van der Waals surface area contributed by atoms with Crippen LogP contribution in [0.1, 0.15) is 28.8 Å². The minimum absolute atomic E-state index is 0.0547. The molecule has 3 rings (SSSR count). The van der Waals surface area contributed by atoms with Crippen molar-refractivity contribution in [2.24, 2.45) is 5.11 Å². The monoisotopic (exact) mass is 641 g/mol. The third-order valence-corrected chi connectivity index (χ3v) is 6.13. The lowest BCUT2D eigenvalue weighted by Gasteiger charge is -2.09. The van der Waals surface area contributed by atoms with Crippen molar-refractivity contribution in [3.63, 3.8) is 0 Å². The van der Waals surface area contributed by atoms with Gasteiger partial charge >= 0.3 is 5.97 Å². The van der Waals surface area contributed by atoms with Gasteiger partial charge in [0.25, 0.3) is 0 Å². The molecule has 0 radical (unpaired) electrons. The van der Waals surface area contributed by atoms with Crippen LogP contribution in [0, 0.1) is 0 Å². The fourth-order valence-electron chi connectivity index (χ4n) is 3.81. The molecule has 0 saturated heterocycles. The minimum Gasteiger partial charge on any atom is -0.494 e. The van der Waals surface area contributed by atoms with Crippen molar-refractivity contribution in [1.29, 1.82) is 0 Å². The number of ketones is 1. The summed E-state index contributed by atoms with van der Waals surface area (Å²) in [6.07, 6.45) is 0.563. The highest BCUT2D eigenvalue weighted by atomic mass is 16.7. The van der Waals surface area contributed by atoms with E-state index >= 15 is 0 Å². The van der Waals surface area contributed by atoms with Crippen LogP contribution in [0.5, 0.6) is 17.5 Å². The number of anilines is 1. The second-order valence-electron chi connectivity index (χ2n) is 9.52. The van der Waals surface area contributed by atoms with Crippen LogP contribution in [0.15, 0.2) is 65.8 Å². The van der Waals surface area contributed by atoms with E-state index in [0.29, 0.717) is 87.4 Å². The molecular weight excluding hydrogens is 602 g/mol. The van der Waals surface area contributed by atoms with Gasteiger partial charge in [-0.1, -0.05) is 5.11 Å². The molecule has 15 heteroatoms. The lowest BCUT2D eigenvalue weighted by atomic mass is 10.0. The Morgan fingerprint density at radius 2 is 1.28 bits per heavy atom. The maximum absolute atomic E-state index is 12.8. The molecule has 0 spiro atoms. The molecule has 3 N–H and O–H groups in total. The first kappa shape index (κ1) is 35.7. The van der Waals surface area contributed by atoms with Crippen molar-refractivity contribution in [3.05, 3.63) is 82.2 Å². The summed E-state index contributed by atoms with van der Waals surface area (Å²) in [4.78, 5) is 32.0. The van der Waals surface area contributed by atoms with E-state index in [-0.39, 0.29) is 37.2 Å². The van der Waals surface area contributed by atoms with Crippen LogP contribution in [0.3, 0.4) is 0 Å². The Bertz CT molecular complexity index is 1360. The highest BCUT2D eigenvalue weighted by molar-refractivity contribution is 6.09. The summed E-state index contributed by atoms with van der Waals surface area (Å²) in [7, 11) is 0. The lowest BCUT2D eigenvalue weighted by molar-refractivity contribution is -0.146. The number of benzene rings is 2.